The molecule has 22 heavy (non-hydrogen) atoms. The molecule has 0 atom stereocenters. The molecule has 0 aliphatic heterocycles. The van der Waals surface area contributed by atoms with Gasteiger partial charge in [0, 0.05) is 0 Å². The van der Waals surface area contributed by atoms with Crippen molar-refractivity contribution in [2.24, 2.45) is 0 Å². The molecule has 0 spiro atoms. The van der Waals surface area contributed by atoms with Gasteiger partial charge in [-0.15, -0.1) is 0 Å². The summed E-state index contributed by atoms with van der Waals surface area (Å²) in [6.07, 6.45) is 0.720. The highest BCUT2D eigenvalue weighted by Gasteiger charge is 2.23. The van der Waals surface area contributed by atoms with Crippen molar-refractivity contribution in [1.82, 2.24) is 0 Å². The second kappa shape index (κ2) is 5.75. The van der Waals surface area contributed by atoms with Crippen LogP contribution in [0.1, 0.15) is 51.3 Å². The molecule has 1 nitrogen and oxygen atoms in total. The van der Waals surface area contributed by atoms with Gasteiger partial charge in [-0.2, -0.15) is 0 Å². The monoisotopic (exact) mass is 300 g/mol. The van der Waals surface area contributed by atoms with Crippen molar-refractivity contribution in [1.29, 1.82) is 0 Å². The molecule has 0 fully saturated rings. The molecule has 2 aromatic carbocycles. The zero-order valence-electron chi connectivity index (χ0n) is 14.1. The lowest BCUT2D eigenvalue weighted by molar-refractivity contribution is 0.466. The van der Waals surface area contributed by atoms with Crippen molar-refractivity contribution < 1.29 is 9.50 Å². The summed E-state index contributed by atoms with van der Waals surface area (Å²) in [7, 11) is 0. The fourth-order valence-electron chi connectivity index (χ4n) is 2.82. The molecule has 0 saturated carbocycles. The van der Waals surface area contributed by atoms with Gasteiger partial charge < -0.3 is 5.11 Å². The number of phenols is 1. The van der Waals surface area contributed by atoms with E-state index in [2.05, 4.69) is 13.8 Å². The van der Waals surface area contributed by atoms with E-state index in [9.17, 15) is 9.50 Å². The smallest absolute Gasteiger partial charge is 0.127 e. The Morgan fingerprint density at radius 1 is 0.955 bits per heavy atom. The molecule has 1 N–H and O–H groups in total. The van der Waals surface area contributed by atoms with Crippen molar-refractivity contribution in [2.45, 2.75) is 51.9 Å². The van der Waals surface area contributed by atoms with Gasteiger partial charge in [0.25, 0.3) is 0 Å². The quantitative estimate of drug-likeness (QED) is 0.810. The first-order chi connectivity index (χ1) is 10.1. The largest absolute Gasteiger partial charge is 0.508 e. The first kappa shape index (κ1) is 16.5. The SMILES string of the molecule is CC(C)(C)c1ccc(CC(C)(C)c2cccc(O)c2)cc1F. The Morgan fingerprint density at radius 2 is 1.64 bits per heavy atom. The van der Waals surface area contributed by atoms with Crippen LogP contribution in [0.2, 0.25) is 0 Å². The van der Waals surface area contributed by atoms with Gasteiger partial charge in [0.2, 0.25) is 0 Å². The standard InChI is InChI=1S/C20H25FO/c1-19(2,3)17-10-9-14(11-18(17)21)13-20(4,5)15-7-6-8-16(22)12-15/h6-12,22H,13H2,1-5H3. The molecular formula is C20H25FO. The molecular weight excluding hydrogens is 275 g/mol. The van der Waals surface area contributed by atoms with Crippen LogP contribution in [0.4, 0.5) is 4.39 Å². The topological polar surface area (TPSA) is 20.2 Å². The molecule has 0 bridgehead atoms. The average Bonchev–Trinajstić information content (AvgIpc) is 2.36. The second-order valence-corrected chi connectivity index (χ2v) is 7.68. The van der Waals surface area contributed by atoms with Crippen molar-refractivity contribution in [3.05, 3.63) is 65.0 Å². The summed E-state index contributed by atoms with van der Waals surface area (Å²) < 4.78 is 14.3. The van der Waals surface area contributed by atoms with Crippen molar-refractivity contribution >= 4 is 0 Å². The fourth-order valence-corrected chi connectivity index (χ4v) is 2.82. The van der Waals surface area contributed by atoms with E-state index in [-0.39, 0.29) is 22.4 Å². The number of halogens is 1. The Morgan fingerprint density at radius 3 is 2.18 bits per heavy atom. The summed E-state index contributed by atoms with van der Waals surface area (Å²) in [6.45, 7) is 10.3. The van der Waals surface area contributed by atoms with E-state index in [1.165, 1.54) is 0 Å². The summed E-state index contributed by atoms with van der Waals surface area (Å²) >= 11 is 0. The van der Waals surface area contributed by atoms with Crippen LogP contribution < -0.4 is 0 Å². The summed E-state index contributed by atoms with van der Waals surface area (Å²) in [4.78, 5) is 0. The van der Waals surface area contributed by atoms with Crippen molar-refractivity contribution in [3.63, 3.8) is 0 Å². The Labute approximate surface area is 132 Å². The zero-order valence-corrected chi connectivity index (χ0v) is 14.1. The van der Waals surface area contributed by atoms with E-state index in [0.29, 0.717) is 0 Å². The molecule has 0 saturated heterocycles. The van der Waals surface area contributed by atoms with Crippen LogP contribution in [0.15, 0.2) is 42.5 Å². The van der Waals surface area contributed by atoms with E-state index < -0.39 is 0 Å². The van der Waals surface area contributed by atoms with Gasteiger partial charge in [-0.1, -0.05) is 58.9 Å². The number of hydrogen-bond acceptors (Lipinski definition) is 1. The third kappa shape index (κ3) is 3.68. The molecule has 0 aromatic heterocycles. The Bertz CT molecular complexity index is 666. The van der Waals surface area contributed by atoms with Crippen LogP contribution in [0.25, 0.3) is 0 Å². The predicted molar refractivity (Wildman–Crippen MR) is 89.9 cm³/mol. The summed E-state index contributed by atoms with van der Waals surface area (Å²) in [6, 6.07) is 12.8. The van der Waals surface area contributed by atoms with Crippen LogP contribution in [-0.4, -0.2) is 5.11 Å². The van der Waals surface area contributed by atoms with Gasteiger partial charge in [0.1, 0.15) is 11.6 Å². The summed E-state index contributed by atoms with van der Waals surface area (Å²) in [5, 5.41) is 9.65. The van der Waals surface area contributed by atoms with E-state index >= 15 is 0 Å². The first-order valence-corrected chi connectivity index (χ1v) is 7.68. The Kier molecular flexibility index (Phi) is 4.32. The highest BCUT2D eigenvalue weighted by Crippen LogP contribution is 2.31. The van der Waals surface area contributed by atoms with E-state index in [0.717, 1.165) is 23.1 Å². The molecule has 0 radical (unpaired) electrons. The number of hydrogen-bond donors (Lipinski definition) is 1. The average molecular weight is 300 g/mol. The van der Waals surface area contributed by atoms with Crippen LogP contribution in [0, 0.1) is 5.82 Å². The molecule has 2 heteroatoms. The van der Waals surface area contributed by atoms with E-state index in [4.69, 9.17) is 0 Å². The van der Waals surface area contributed by atoms with Crippen LogP contribution in [0.3, 0.4) is 0 Å². The van der Waals surface area contributed by atoms with Gasteiger partial charge in [-0.3, -0.25) is 0 Å². The molecule has 0 unspecified atom stereocenters. The molecule has 2 aromatic rings. The highest BCUT2D eigenvalue weighted by atomic mass is 19.1. The molecule has 0 amide bonds. The van der Waals surface area contributed by atoms with Gasteiger partial charge in [0.15, 0.2) is 0 Å². The van der Waals surface area contributed by atoms with Gasteiger partial charge in [0.05, 0.1) is 0 Å². The Hall–Kier alpha value is -1.83. The van der Waals surface area contributed by atoms with E-state index in [1.807, 2.05) is 45.0 Å². The third-order valence-electron chi connectivity index (χ3n) is 4.12. The van der Waals surface area contributed by atoms with Crippen molar-refractivity contribution in [2.75, 3.05) is 0 Å². The van der Waals surface area contributed by atoms with Gasteiger partial charge in [-0.05, 0) is 52.1 Å². The van der Waals surface area contributed by atoms with Crippen LogP contribution in [-0.2, 0) is 17.3 Å². The number of benzene rings is 2. The van der Waals surface area contributed by atoms with Crippen LogP contribution >= 0.6 is 0 Å². The number of rotatable bonds is 3. The molecule has 0 aliphatic carbocycles. The normalized spacial score (nSPS) is 12.5. The van der Waals surface area contributed by atoms with Gasteiger partial charge >= 0.3 is 0 Å². The lowest BCUT2D eigenvalue weighted by Crippen LogP contribution is -2.21. The lowest BCUT2D eigenvalue weighted by Gasteiger charge is -2.26. The lowest BCUT2D eigenvalue weighted by atomic mass is 9.78. The van der Waals surface area contributed by atoms with Crippen LogP contribution in [0.5, 0.6) is 5.75 Å². The maximum absolute atomic E-state index is 14.3. The highest BCUT2D eigenvalue weighted by molar-refractivity contribution is 5.35. The molecule has 118 valence electrons. The van der Waals surface area contributed by atoms with Gasteiger partial charge in [-0.25, -0.2) is 4.39 Å². The zero-order chi connectivity index (χ0) is 16.5. The first-order valence-electron chi connectivity index (χ1n) is 7.68. The summed E-state index contributed by atoms with van der Waals surface area (Å²) in [5.74, 6) is 0.122. The third-order valence-corrected chi connectivity index (χ3v) is 4.12. The maximum Gasteiger partial charge on any atom is 0.127 e. The molecule has 2 rings (SSSR count). The van der Waals surface area contributed by atoms with Crippen molar-refractivity contribution in [3.8, 4) is 5.75 Å². The number of phenolic OH excluding ortho intramolecular Hbond substituents is 1. The minimum atomic E-state index is -0.191. The molecule has 0 heterocycles. The van der Waals surface area contributed by atoms with E-state index in [1.54, 1.807) is 18.2 Å². The minimum absolute atomic E-state index is 0.142. The minimum Gasteiger partial charge on any atom is -0.508 e. The maximum atomic E-state index is 14.3. The Balaban J connectivity index is 2.29. The molecule has 0 aliphatic rings. The summed E-state index contributed by atoms with van der Waals surface area (Å²) in [5.41, 5.74) is 2.40. The number of aromatic hydroxyl groups is 1. The predicted octanol–water partition coefficient (Wildman–Crippen LogP) is 5.35. The fraction of sp³-hybridized carbons (Fsp3) is 0.400. The second-order valence-electron chi connectivity index (χ2n) is 7.68.